The van der Waals surface area contributed by atoms with Crippen LogP contribution < -0.4 is 5.73 Å². The van der Waals surface area contributed by atoms with E-state index in [1.54, 1.807) is 35.5 Å². The van der Waals surface area contributed by atoms with Crippen molar-refractivity contribution in [1.29, 1.82) is 0 Å². The Hall–Kier alpha value is -2.07. The lowest BCUT2D eigenvalue weighted by molar-refractivity contribution is 0.0691. The molecule has 21 heavy (non-hydrogen) atoms. The molecule has 1 aromatic carbocycles. The average Bonchev–Trinajstić information content (AvgIpc) is 2.45. The third-order valence-corrected chi connectivity index (χ3v) is 3.44. The van der Waals surface area contributed by atoms with Crippen LogP contribution in [0.25, 0.3) is 0 Å². The second kappa shape index (κ2) is 6.59. The third kappa shape index (κ3) is 3.73. The Balaban J connectivity index is 2.27. The van der Waals surface area contributed by atoms with Crippen LogP contribution in [0.4, 0.5) is 5.69 Å². The van der Waals surface area contributed by atoms with Gasteiger partial charge in [-0.15, -0.1) is 0 Å². The molecule has 0 saturated carbocycles. The Morgan fingerprint density at radius 2 is 2.14 bits per heavy atom. The van der Waals surface area contributed by atoms with Crippen molar-refractivity contribution in [3.05, 3.63) is 58.9 Å². The summed E-state index contributed by atoms with van der Waals surface area (Å²) >= 11 is 5.88. The number of benzene rings is 1. The molecule has 0 unspecified atom stereocenters. The molecular weight excluding hydrogens is 286 g/mol. The summed E-state index contributed by atoms with van der Waals surface area (Å²) in [7, 11) is 0. The van der Waals surface area contributed by atoms with E-state index in [1.165, 1.54) is 0 Å². The number of carbonyl (C=O) groups excluding carboxylic acids is 1. The SMILES string of the molecule is CC(C)N(Cc1cccnc1)C(=O)c1ccc(Cl)cc1N. The maximum atomic E-state index is 12.7. The largest absolute Gasteiger partial charge is 0.398 e. The number of hydrogen-bond acceptors (Lipinski definition) is 3. The maximum absolute atomic E-state index is 12.7. The van der Waals surface area contributed by atoms with Gasteiger partial charge in [0.1, 0.15) is 0 Å². The van der Waals surface area contributed by atoms with Gasteiger partial charge in [0.05, 0.1) is 5.56 Å². The normalized spacial score (nSPS) is 10.7. The van der Waals surface area contributed by atoms with Crippen molar-refractivity contribution in [3.8, 4) is 0 Å². The molecule has 2 N–H and O–H groups in total. The Bertz CT molecular complexity index is 629. The minimum atomic E-state index is -0.108. The molecular formula is C16H18ClN3O. The molecule has 0 fully saturated rings. The summed E-state index contributed by atoms with van der Waals surface area (Å²) in [4.78, 5) is 18.5. The van der Waals surface area contributed by atoms with E-state index in [0.29, 0.717) is 22.8 Å². The van der Waals surface area contributed by atoms with Gasteiger partial charge in [-0.2, -0.15) is 0 Å². The molecule has 0 radical (unpaired) electrons. The van der Waals surface area contributed by atoms with E-state index < -0.39 is 0 Å². The highest BCUT2D eigenvalue weighted by molar-refractivity contribution is 6.31. The standard InChI is InChI=1S/C16H18ClN3O/c1-11(2)20(10-12-4-3-7-19-9-12)16(21)14-6-5-13(17)8-15(14)18/h3-9,11H,10,18H2,1-2H3. The van der Waals surface area contributed by atoms with E-state index in [-0.39, 0.29) is 11.9 Å². The number of hydrogen-bond donors (Lipinski definition) is 1. The molecule has 5 heteroatoms. The molecule has 2 rings (SSSR count). The summed E-state index contributed by atoms with van der Waals surface area (Å²) in [6.45, 7) is 4.44. The van der Waals surface area contributed by atoms with Crippen LogP contribution in [0.3, 0.4) is 0 Å². The van der Waals surface area contributed by atoms with Crippen molar-refractivity contribution >= 4 is 23.2 Å². The molecule has 0 aliphatic carbocycles. The van der Waals surface area contributed by atoms with Gasteiger partial charge < -0.3 is 10.6 Å². The number of carbonyl (C=O) groups is 1. The van der Waals surface area contributed by atoms with Gasteiger partial charge in [-0.3, -0.25) is 9.78 Å². The highest BCUT2D eigenvalue weighted by Gasteiger charge is 2.21. The first-order valence-corrected chi connectivity index (χ1v) is 7.11. The van der Waals surface area contributed by atoms with Crippen LogP contribution in [-0.2, 0) is 6.54 Å². The molecule has 110 valence electrons. The van der Waals surface area contributed by atoms with Crippen LogP contribution in [0.1, 0.15) is 29.8 Å². The first-order valence-electron chi connectivity index (χ1n) is 6.74. The van der Waals surface area contributed by atoms with Crippen LogP contribution in [0.5, 0.6) is 0 Å². The summed E-state index contributed by atoms with van der Waals surface area (Å²) < 4.78 is 0. The van der Waals surface area contributed by atoms with Gasteiger partial charge in [0.15, 0.2) is 0 Å². The smallest absolute Gasteiger partial charge is 0.256 e. The summed E-state index contributed by atoms with van der Waals surface area (Å²) in [6, 6.07) is 8.78. The molecule has 0 aliphatic rings. The number of nitrogen functional groups attached to an aromatic ring is 1. The van der Waals surface area contributed by atoms with Crippen molar-refractivity contribution in [3.63, 3.8) is 0 Å². The Morgan fingerprint density at radius 1 is 1.38 bits per heavy atom. The molecule has 0 atom stereocenters. The zero-order valence-corrected chi connectivity index (χ0v) is 12.8. The quantitative estimate of drug-likeness (QED) is 0.881. The molecule has 0 bridgehead atoms. The van der Waals surface area contributed by atoms with Crippen molar-refractivity contribution in [2.24, 2.45) is 0 Å². The van der Waals surface area contributed by atoms with Gasteiger partial charge in [-0.1, -0.05) is 17.7 Å². The second-order valence-electron chi connectivity index (χ2n) is 5.12. The van der Waals surface area contributed by atoms with E-state index in [1.807, 2.05) is 26.0 Å². The van der Waals surface area contributed by atoms with Crippen molar-refractivity contribution in [2.45, 2.75) is 26.4 Å². The van der Waals surface area contributed by atoms with Crippen molar-refractivity contribution < 1.29 is 4.79 Å². The van der Waals surface area contributed by atoms with Crippen LogP contribution in [-0.4, -0.2) is 21.8 Å². The first-order chi connectivity index (χ1) is 9.99. The van der Waals surface area contributed by atoms with Gasteiger partial charge in [-0.05, 0) is 43.7 Å². The fourth-order valence-electron chi connectivity index (χ4n) is 2.06. The number of pyridine rings is 1. The number of rotatable bonds is 4. The van der Waals surface area contributed by atoms with Crippen LogP contribution >= 0.6 is 11.6 Å². The molecule has 0 aliphatic heterocycles. The summed E-state index contributed by atoms with van der Waals surface area (Å²) in [5, 5.41) is 0.521. The number of nitrogens with zero attached hydrogens (tertiary/aromatic N) is 2. The number of halogens is 1. The minimum absolute atomic E-state index is 0.0489. The van der Waals surface area contributed by atoms with Crippen LogP contribution in [0.15, 0.2) is 42.7 Å². The molecule has 1 heterocycles. The number of anilines is 1. The van der Waals surface area contributed by atoms with Gasteiger partial charge in [0, 0.05) is 35.7 Å². The van der Waals surface area contributed by atoms with Crippen molar-refractivity contribution in [2.75, 3.05) is 5.73 Å². The van der Waals surface area contributed by atoms with E-state index in [2.05, 4.69) is 4.98 Å². The molecule has 4 nitrogen and oxygen atoms in total. The van der Waals surface area contributed by atoms with Gasteiger partial charge in [0.2, 0.25) is 0 Å². The Labute approximate surface area is 129 Å². The number of aromatic nitrogens is 1. The highest BCUT2D eigenvalue weighted by atomic mass is 35.5. The zero-order valence-electron chi connectivity index (χ0n) is 12.1. The fraction of sp³-hybridized carbons (Fsp3) is 0.250. The number of amides is 1. The van der Waals surface area contributed by atoms with E-state index >= 15 is 0 Å². The average molecular weight is 304 g/mol. The van der Waals surface area contributed by atoms with Gasteiger partial charge in [0.25, 0.3) is 5.91 Å². The third-order valence-electron chi connectivity index (χ3n) is 3.20. The molecule has 2 aromatic rings. The monoisotopic (exact) mass is 303 g/mol. The van der Waals surface area contributed by atoms with Crippen molar-refractivity contribution in [1.82, 2.24) is 9.88 Å². The Morgan fingerprint density at radius 3 is 2.71 bits per heavy atom. The molecule has 0 spiro atoms. The lowest BCUT2D eigenvalue weighted by Crippen LogP contribution is -2.36. The van der Waals surface area contributed by atoms with E-state index in [9.17, 15) is 4.79 Å². The van der Waals surface area contributed by atoms with E-state index in [4.69, 9.17) is 17.3 Å². The van der Waals surface area contributed by atoms with Crippen LogP contribution in [0.2, 0.25) is 5.02 Å². The predicted octanol–water partition coefficient (Wildman–Crippen LogP) is 3.37. The fourth-order valence-corrected chi connectivity index (χ4v) is 2.24. The van der Waals surface area contributed by atoms with E-state index in [0.717, 1.165) is 5.56 Å². The Kier molecular flexibility index (Phi) is 4.81. The van der Waals surface area contributed by atoms with Crippen LogP contribution in [0, 0.1) is 0 Å². The van der Waals surface area contributed by atoms with Gasteiger partial charge >= 0.3 is 0 Å². The predicted molar refractivity (Wildman–Crippen MR) is 85.1 cm³/mol. The molecule has 1 amide bonds. The first kappa shape index (κ1) is 15.3. The minimum Gasteiger partial charge on any atom is -0.398 e. The zero-order chi connectivity index (χ0) is 15.4. The lowest BCUT2D eigenvalue weighted by atomic mass is 10.1. The summed E-state index contributed by atoms with van der Waals surface area (Å²) in [6.07, 6.45) is 3.47. The summed E-state index contributed by atoms with van der Waals surface area (Å²) in [5.41, 5.74) is 7.75. The maximum Gasteiger partial charge on any atom is 0.256 e. The molecule has 0 saturated heterocycles. The topological polar surface area (TPSA) is 59.2 Å². The second-order valence-corrected chi connectivity index (χ2v) is 5.56. The lowest BCUT2D eigenvalue weighted by Gasteiger charge is -2.27. The highest BCUT2D eigenvalue weighted by Crippen LogP contribution is 2.21. The van der Waals surface area contributed by atoms with Gasteiger partial charge in [-0.25, -0.2) is 0 Å². The molecule has 1 aromatic heterocycles. The number of nitrogens with two attached hydrogens (primary N) is 1. The summed E-state index contributed by atoms with van der Waals surface area (Å²) in [5.74, 6) is -0.108.